The molecule has 2 heterocycles. The Bertz CT molecular complexity index is 489. The largest absolute Gasteiger partial charge is 0.354 e. The highest BCUT2D eigenvalue weighted by atomic mass is 16.2. The van der Waals surface area contributed by atoms with E-state index in [9.17, 15) is 4.79 Å². The molecular formula is C15H24N4O. The predicted octanol–water partition coefficient (Wildman–Crippen LogP) is 1.79. The minimum Gasteiger partial charge on any atom is -0.354 e. The van der Waals surface area contributed by atoms with Crippen molar-refractivity contribution in [2.75, 3.05) is 24.5 Å². The lowest BCUT2D eigenvalue weighted by Crippen LogP contribution is -2.40. The molecule has 0 radical (unpaired) electrons. The van der Waals surface area contributed by atoms with Crippen molar-refractivity contribution in [2.24, 2.45) is 0 Å². The van der Waals surface area contributed by atoms with Crippen molar-refractivity contribution in [2.45, 2.75) is 46.6 Å². The smallest absolute Gasteiger partial charge is 0.219 e. The minimum atomic E-state index is 0.161. The first-order valence-corrected chi connectivity index (χ1v) is 7.41. The number of amides is 1. The van der Waals surface area contributed by atoms with Crippen molar-refractivity contribution >= 4 is 11.7 Å². The summed E-state index contributed by atoms with van der Waals surface area (Å²) in [6, 6.07) is 0.303. The molecule has 5 nitrogen and oxygen atoms in total. The molecule has 1 aliphatic rings. The number of carbonyl (C=O) groups excluding carboxylic acids is 1. The standard InChI is InChI=1S/C15H24N4O/c1-5-13-9-16-11(3)17-15(13)18-8-7-14(10-18)19(6-2)12(4)20/h9,14H,5-8,10H2,1-4H3. The maximum absolute atomic E-state index is 11.7. The summed E-state index contributed by atoms with van der Waals surface area (Å²) >= 11 is 0. The van der Waals surface area contributed by atoms with Crippen LogP contribution in [-0.4, -0.2) is 46.5 Å². The van der Waals surface area contributed by atoms with E-state index in [-0.39, 0.29) is 5.91 Å². The van der Waals surface area contributed by atoms with Gasteiger partial charge in [0, 0.05) is 38.3 Å². The fraction of sp³-hybridized carbons (Fsp3) is 0.667. The van der Waals surface area contributed by atoms with E-state index < -0.39 is 0 Å². The Morgan fingerprint density at radius 2 is 2.25 bits per heavy atom. The molecule has 0 aliphatic carbocycles. The van der Waals surface area contributed by atoms with Gasteiger partial charge in [-0.3, -0.25) is 4.79 Å². The number of aromatic nitrogens is 2. The van der Waals surface area contributed by atoms with Crippen molar-refractivity contribution in [3.8, 4) is 0 Å². The molecule has 1 atom stereocenters. The Hall–Kier alpha value is -1.65. The normalized spacial score (nSPS) is 18.4. The third kappa shape index (κ3) is 2.92. The summed E-state index contributed by atoms with van der Waals surface area (Å²) in [4.78, 5) is 24.8. The summed E-state index contributed by atoms with van der Waals surface area (Å²) in [5, 5.41) is 0. The van der Waals surface area contributed by atoms with Gasteiger partial charge in [-0.1, -0.05) is 6.92 Å². The number of hydrogen-bond donors (Lipinski definition) is 0. The topological polar surface area (TPSA) is 49.3 Å². The van der Waals surface area contributed by atoms with Crippen molar-refractivity contribution in [3.63, 3.8) is 0 Å². The Morgan fingerprint density at radius 3 is 2.85 bits per heavy atom. The highest BCUT2D eigenvalue weighted by molar-refractivity contribution is 5.73. The van der Waals surface area contributed by atoms with Crippen LogP contribution in [0.1, 0.15) is 38.6 Å². The number of likely N-dealkylation sites (N-methyl/N-ethyl adjacent to an activating group) is 1. The van der Waals surface area contributed by atoms with Crippen LogP contribution < -0.4 is 4.90 Å². The van der Waals surface area contributed by atoms with E-state index in [1.165, 1.54) is 5.56 Å². The van der Waals surface area contributed by atoms with Gasteiger partial charge in [-0.2, -0.15) is 0 Å². The van der Waals surface area contributed by atoms with E-state index in [1.54, 1.807) is 6.92 Å². The van der Waals surface area contributed by atoms with Gasteiger partial charge in [0.15, 0.2) is 0 Å². The summed E-state index contributed by atoms with van der Waals surface area (Å²) in [5.41, 5.74) is 1.18. The molecule has 1 aromatic rings. The number of anilines is 1. The molecule has 0 N–H and O–H groups in total. The summed E-state index contributed by atoms with van der Waals surface area (Å²) in [6.45, 7) is 10.3. The van der Waals surface area contributed by atoms with E-state index in [4.69, 9.17) is 0 Å². The molecule has 5 heteroatoms. The van der Waals surface area contributed by atoms with E-state index in [0.29, 0.717) is 6.04 Å². The van der Waals surface area contributed by atoms with Gasteiger partial charge in [0.05, 0.1) is 6.04 Å². The summed E-state index contributed by atoms with van der Waals surface area (Å²) in [5.74, 6) is 2.01. The molecule has 110 valence electrons. The molecular weight excluding hydrogens is 252 g/mol. The SMILES string of the molecule is CCc1cnc(C)nc1N1CCC(N(CC)C(C)=O)C1. The van der Waals surface area contributed by atoms with E-state index in [2.05, 4.69) is 21.8 Å². The predicted molar refractivity (Wildman–Crippen MR) is 79.8 cm³/mol. The van der Waals surface area contributed by atoms with Gasteiger partial charge in [-0.05, 0) is 26.7 Å². The monoisotopic (exact) mass is 276 g/mol. The molecule has 2 rings (SSSR count). The van der Waals surface area contributed by atoms with Crippen molar-refractivity contribution in [1.29, 1.82) is 0 Å². The fourth-order valence-electron chi connectivity index (χ4n) is 2.93. The van der Waals surface area contributed by atoms with Gasteiger partial charge in [0.25, 0.3) is 0 Å². The third-order valence-corrected chi connectivity index (χ3v) is 3.99. The van der Waals surface area contributed by atoms with Crippen LogP contribution in [0.15, 0.2) is 6.20 Å². The van der Waals surface area contributed by atoms with Gasteiger partial charge in [-0.25, -0.2) is 9.97 Å². The Balaban J connectivity index is 2.17. The first kappa shape index (κ1) is 14.8. The van der Waals surface area contributed by atoms with Crippen molar-refractivity contribution < 1.29 is 4.79 Å². The Kier molecular flexibility index (Phi) is 4.57. The van der Waals surface area contributed by atoms with Crippen LogP contribution in [0.5, 0.6) is 0 Å². The maximum Gasteiger partial charge on any atom is 0.219 e. The molecule has 0 spiro atoms. The lowest BCUT2D eigenvalue weighted by atomic mass is 10.2. The maximum atomic E-state index is 11.7. The number of aryl methyl sites for hydroxylation is 2. The van der Waals surface area contributed by atoms with E-state index in [0.717, 1.165) is 44.1 Å². The average Bonchev–Trinajstić information content (AvgIpc) is 2.88. The van der Waals surface area contributed by atoms with Crippen LogP contribution in [-0.2, 0) is 11.2 Å². The second-order valence-electron chi connectivity index (χ2n) is 5.31. The molecule has 1 unspecified atom stereocenters. The third-order valence-electron chi connectivity index (χ3n) is 3.99. The molecule has 0 bridgehead atoms. The lowest BCUT2D eigenvalue weighted by Gasteiger charge is -2.27. The van der Waals surface area contributed by atoms with Crippen LogP contribution in [0.3, 0.4) is 0 Å². The van der Waals surface area contributed by atoms with Crippen LogP contribution in [0, 0.1) is 6.92 Å². The van der Waals surface area contributed by atoms with Crippen molar-refractivity contribution in [1.82, 2.24) is 14.9 Å². The Labute approximate surface area is 121 Å². The number of nitrogens with zero attached hydrogens (tertiary/aromatic N) is 4. The van der Waals surface area contributed by atoms with Crippen molar-refractivity contribution in [3.05, 3.63) is 17.6 Å². The molecule has 0 aromatic carbocycles. The van der Waals surface area contributed by atoms with E-state index in [1.807, 2.05) is 24.9 Å². The summed E-state index contributed by atoms with van der Waals surface area (Å²) < 4.78 is 0. The van der Waals surface area contributed by atoms with Crippen LogP contribution in [0.25, 0.3) is 0 Å². The molecule has 1 fully saturated rings. The first-order chi connectivity index (χ1) is 9.56. The van der Waals surface area contributed by atoms with Gasteiger partial charge >= 0.3 is 0 Å². The number of hydrogen-bond acceptors (Lipinski definition) is 4. The van der Waals surface area contributed by atoms with Gasteiger partial charge in [-0.15, -0.1) is 0 Å². The average molecular weight is 276 g/mol. The van der Waals surface area contributed by atoms with Crippen LogP contribution in [0.4, 0.5) is 5.82 Å². The fourth-order valence-corrected chi connectivity index (χ4v) is 2.93. The zero-order chi connectivity index (χ0) is 14.7. The number of rotatable bonds is 4. The molecule has 0 saturated carbocycles. The molecule has 20 heavy (non-hydrogen) atoms. The summed E-state index contributed by atoms with van der Waals surface area (Å²) in [7, 11) is 0. The summed E-state index contributed by atoms with van der Waals surface area (Å²) in [6.07, 6.45) is 3.87. The molecule has 1 amide bonds. The van der Waals surface area contributed by atoms with Crippen LogP contribution in [0.2, 0.25) is 0 Å². The van der Waals surface area contributed by atoms with Gasteiger partial charge in [0.2, 0.25) is 5.91 Å². The van der Waals surface area contributed by atoms with Crippen LogP contribution >= 0.6 is 0 Å². The molecule has 1 aromatic heterocycles. The minimum absolute atomic E-state index is 0.161. The first-order valence-electron chi connectivity index (χ1n) is 7.41. The van der Waals surface area contributed by atoms with Gasteiger partial charge in [0.1, 0.15) is 11.6 Å². The van der Waals surface area contributed by atoms with Gasteiger partial charge < -0.3 is 9.80 Å². The molecule has 1 saturated heterocycles. The number of carbonyl (C=O) groups is 1. The second-order valence-corrected chi connectivity index (χ2v) is 5.31. The highest BCUT2D eigenvalue weighted by Crippen LogP contribution is 2.25. The Morgan fingerprint density at radius 1 is 1.50 bits per heavy atom. The molecule has 1 aliphatic heterocycles. The zero-order valence-electron chi connectivity index (χ0n) is 12.9. The zero-order valence-corrected chi connectivity index (χ0v) is 12.9. The quantitative estimate of drug-likeness (QED) is 0.841. The lowest BCUT2D eigenvalue weighted by molar-refractivity contribution is -0.130. The second kappa shape index (κ2) is 6.20. The highest BCUT2D eigenvalue weighted by Gasteiger charge is 2.30. The van der Waals surface area contributed by atoms with E-state index >= 15 is 0 Å².